The van der Waals surface area contributed by atoms with Crippen LogP contribution in [0.15, 0.2) is 42.7 Å². The van der Waals surface area contributed by atoms with E-state index in [1.165, 1.54) is 6.20 Å². The summed E-state index contributed by atoms with van der Waals surface area (Å²) in [5.41, 5.74) is 0.762. The first-order chi connectivity index (χ1) is 14.0. The van der Waals surface area contributed by atoms with Gasteiger partial charge in [0.1, 0.15) is 11.5 Å². The van der Waals surface area contributed by atoms with E-state index in [-0.39, 0.29) is 11.8 Å². The largest absolute Gasteiger partial charge is 0.353 e. The number of aromatic nitrogens is 2. The minimum Gasteiger partial charge on any atom is -0.353 e. The van der Waals surface area contributed by atoms with Gasteiger partial charge in [0.2, 0.25) is 0 Å². The van der Waals surface area contributed by atoms with Crippen LogP contribution in [0.3, 0.4) is 0 Å². The second kappa shape index (κ2) is 9.97. The number of piperazine rings is 1. The van der Waals surface area contributed by atoms with Gasteiger partial charge in [-0.25, -0.2) is 4.98 Å². The molecule has 8 heteroatoms. The van der Waals surface area contributed by atoms with E-state index in [9.17, 15) is 9.59 Å². The summed E-state index contributed by atoms with van der Waals surface area (Å²) in [4.78, 5) is 39.8. The van der Waals surface area contributed by atoms with Crippen molar-refractivity contribution in [2.75, 3.05) is 58.3 Å². The molecule has 1 aliphatic rings. The fourth-order valence-corrected chi connectivity index (χ4v) is 3.23. The van der Waals surface area contributed by atoms with Gasteiger partial charge in [-0.2, -0.15) is 0 Å². The van der Waals surface area contributed by atoms with Crippen LogP contribution in [0.5, 0.6) is 0 Å². The number of carbonyl (C=O) groups excluding carboxylic acids is 2. The highest BCUT2D eigenvalue weighted by molar-refractivity contribution is 5.98. The summed E-state index contributed by atoms with van der Waals surface area (Å²) in [6.07, 6.45) is 4.16. The molecule has 0 spiro atoms. The van der Waals surface area contributed by atoms with Gasteiger partial charge in [0.05, 0.1) is 0 Å². The number of nitrogens with one attached hydrogen (secondary N) is 1. The molecule has 2 amide bonds. The SMILES string of the molecule is CN(C)CCCNC(=O)c1ccnc(C(=O)N2CCN(c3ccccn3)CC2)c1. The molecular formula is C21H28N6O2. The summed E-state index contributed by atoms with van der Waals surface area (Å²) >= 11 is 0. The Morgan fingerprint density at radius 2 is 1.86 bits per heavy atom. The zero-order valence-electron chi connectivity index (χ0n) is 17.0. The molecule has 1 saturated heterocycles. The van der Waals surface area contributed by atoms with Crippen molar-refractivity contribution in [3.8, 4) is 0 Å². The molecule has 154 valence electrons. The molecule has 0 radical (unpaired) electrons. The van der Waals surface area contributed by atoms with E-state index in [4.69, 9.17) is 0 Å². The van der Waals surface area contributed by atoms with Gasteiger partial charge < -0.3 is 20.0 Å². The van der Waals surface area contributed by atoms with Crippen LogP contribution in [0.1, 0.15) is 27.3 Å². The van der Waals surface area contributed by atoms with Gasteiger partial charge >= 0.3 is 0 Å². The maximum atomic E-state index is 12.8. The van der Waals surface area contributed by atoms with E-state index >= 15 is 0 Å². The van der Waals surface area contributed by atoms with E-state index in [1.54, 1.807) is 23.2 Å². The molecule has 0 aromatic carbocycles. The van der Waals surface area contributed by atoms with E-state index in [0.717, 1.165) is 31.9 Å². The lowest BCUT2D eigenvalue weighted by molar-refractivity contribution is 0.0740. The molecule has 2 aromatic rings. The molecule has 0 saturated carbocycles. The van der Waals surface area contributed by atoms with Crippen LogP contribution in [0.2, 0.25) is 0 Å². The lowest BCUT2D eigenvalue weighted by Crippen LogP contribution is -2.49. The maximum absolute atomic E-state index is 12.8. The monoisotopic (exact) mass is 396 g/mol. The lowest BCUT2D eigenvalue weighted by atomic mass is 10.2. The summed E-state index contributed by atoms with van der Waals surface area (Å²) in [5, 5.41) is 2.89. The highest BCUT2D eigenvalue weighted by Gasteiger charge is 2.24. The Morgan fingerprint density at radius 1 is 1.07 bits per heavy atom. The topological polar surface area (TPSA) is 81.7 Å². The van der Waals surface area contributed by atoms with Crippen molar-refractivity contribution in [3.05, 3.63) is 54.0 Å². The Hall–Kier alpha value is -3.00. The Balaban J connectivity index is 1.55. The minimum atomic E-state index is -0.180. The van der Waals surface area contributed by atoms with Crippen molar-refractivity contribution >= 4 is 17.6 Å². The number of rotatable bonds is 7. The van der Waals surface area contributed by atoms with E-state index < -0.39 is 0 Å². The highest BCUT2D eigenvalue weighted by atomic mass is 16.2. The van der Waals surface area contributed by atoms with Gasteiger partial charge in [-0.05, 0) is 51.3 Å². The predicted octanol–water partition coefficient (Wildman–Crippen LogP) is 1.12. The zero-order chi connectivity index (χ0) is 20.6. The van der Waals surface area contributed by atoms with Gasteiger partial charge in [-0.1, -0.05) is 6.07 Å². The van der Waals surface area contributed by atoms with Crippen LogP contribution in [0, 0.1) is 0 Å². The maximum Gasteiger partial charge on any atom is 0.272 e. The van der Waals surface area contributed by atoms with Gasteiger partial charge in [0.25, 0.3) is 11.8 Å². The zero-order valence-corrected chi connectivity index (χ0v) is 17.0. The molecule has 2 aromatic heterocycles. The number of amides is 2. The van der Waals surface area contributed by atoms with Crippen LogP contribution in [-0.4, -0.2) is 84.9 Å². The van der Waals surface area contributed by atoms with E-state index in [0.29, 0.717) is 30.9 Å². The van der Waals surface area contributed by atoms with Crippen molar-refractivity contribution < 1.29 is 9.59 Å². The normalized spacial score (nSPS) is 14.2. The molecule has 1 N–H and O–H groups in total. The first-order valence-corrected chi connectivity index (χ1v) is 9.89. The Morgan fingerprint density at radius 3 is 2.55 bits per heavy atom. The third-order valence-electron chi connectivity index (χ3n) is 4.85. The third-order valence-corrected chi connectivity index (χ3v) is 4.85. The molecule has 0 unspecified atom stereocenters. The molecule has 1 aliphatic heterocycles. The Bertz CT molecular complexity index is 819. The van der Waals surface area contributed by atoms with E-state index in [1.807, 2.05) is 32.3 Å². The van der Waals surface area contributed by atoms with Gasteiger partial charge in [0.15, 0.2) is 0 Å². The highest BCUT2D eigenvalue weighted by Crippen LogP contribution is 2.14. The van der Waals surface area contributed by atoms with Crippen LogP contribution in [-0.2, 0) is 0 Å². The summed E-state index contributed by atoms with van der Waals surface area (Å²) in [6, 6.07) is 9.03. The van der Waals surface area contributed by atoms with Crippen molar-refractivity contribution in [1.82, 2.24) is 25.1 Å². The fraction of sp³-hybridized carbons (Fsp3) is 0.429. The van der Waals surface area contributed by atoms with Crippen molar-refractivity contribution in [1.29, 1.82) is 0 Å². The van der Waals surface area contributed by atoms with Gasteiger partial charge in [0, 0.05) is 50.7 Å². The molecular weight excluding hydrogens is 368 g/mol. The Kier molecular flexibility index (Phi) is 7.13. The second-order valence-electron chi connectivity index (χ2n) is 7.31. The summed E-state index contributed by atoms with van der Waals surface area (Å²) in [5.74, 6) is 0.596. The lowest BCUT2D eigenvalue weighted by Gasteiger charge is -2.35. The smallest absolute Gasteiger partial charge is 0.272 e. The van der Waals surface area contributed by atoms with Crippen LogP contribution < -0.4 is 10.2 Å². The van der Waals surface area contributed by atoms with Crippen LogP contribution >= 0.6 is 0 Å². The number of hydrogen-bond acceptors (Lipinski definition) is 6. The van der Waals surface area contributed by atoms with Gasteiger partial charge in [-0.3, -0.25) is 14.6 Å². The summed E-state index contributed by atoms with van der Waals surface area (Å²) in [6.45, 7) is 4.13. The van der Waals surface area contributed by atoms with Crippen molar-refractivity contribution in [3.63, 3.8) is 0 Å². The minimum absolute atomic E-state index is 0.145. The first-order valence-electron chi connectivity index (χ1n) is 9.89. The fourth-order valence-electron chi connectivity index (χ4n) is 3.23. The first kappa shape index (κ1) is 20.7. The molecule has 29 heavy (non-hydrogen) atoms. The number of carbonyl (C=O) groups is 2. The van der Waals surface area contributed by atoms with Crippen molar-refractivity contribution in [2.24, 2.45) is 0 Å². The quantitative estimate of drug-likeness (QED) is 0.707. The Labute approximate surface area is 171 Å². The summed E-state index contributed by atoms with van der Waals surface area (Å²) < 4.78 is 0. The molecule has 3 heterocycles. The van der Waals surface area contributed by atoms with Crippen LogP contribution in [0.25, 0.3) is 0 Å². The number of pyridine rings is 2. The average molecular weight is 396 g/mol. The molecule has 0 atom stereocenters. The summed E-state index contributed by atoms with van der Waals surface area (Å²) in [7, 11) is 4.00. The number of hydrogen-bond donors (Lipinski definition) is 1. The molecule has 0 aliphatic carbocycles. The average Bonchev–Trinajstić information content (AvgIpc) is 2.77. The predicted molar refractivity (Wildman–Crippen MR) is 112 cm³/mol. The van der Waals surface area contributed by atoms with E-state index in [2.05, 4.69) is 25.1 Å². The molecule has 8 nitrogen and oxygen atoms in total. The molecule has 1 fully saturated rings. The van der Waals surface area contributed by atoms with Gasteiger partial charge in [-0.15, -0.1) is 0 Å². The number of anilines is 1. The van der Waals surface area contributed by atoms with Crippen molar-refractivity contribution in [2.45, 2.75) is 6.42 Å². The third kappa shape index (κ3) is 5.74. The molecule has 3 rings (SSSR count). The molecule has 0 bridgehead atoms. The van der Waals surface area contributed by atoms with Crippen LogP contribution in [0.4, 0.5) is 5.82 Å². The number of nitrogens with zero attached hydrogens (tertiary/aromatic N) is 5. The second-order valence-corrected chi connectivity index (χ2v) is 7.31. The standard InChI is InChI=1S/C21H28N6O2/c1-25(2)11-5-9-24-20(28)17-7-10-22-18(16-17)21(29)27-14-12-26(13-15-27)19-6-3-4-8-23-19/h3-4,6-8,10,16H,5,9,11-15H2,1-2H3,(H,24,28).